The van der Waals surface area contributed by atoms with Crippen molar-refractivity contribution in [3.05, 3.63) is 60.2 Å². The molecule has 2 rings (SSSR count). The highest BCUT2D eigenvalue weighted by Gasteiger charge is 2.11. The first-order chi connectivity index (χ1) is 11.7. The predicted octanol–water partition coefficient (Wildman–Crippen LogP) is 5.66. The molecule has 1 atom stereocenters. The lowest BCUT2D eigenvalue weighted by Gasteiger charge is -2.13. The van der Waals surface area contributed by atoms with Gasteiger partial charge in [0.1, 0.15) is 0 Å². The van der Waals surface area contributed by atoms with Gasteiger partial charge in [0.15, 0.2) is 0 Å². The summed E-state index contributed by atoms with van der Waals surface area (Å²) < 4.78 is 0. The molecular weight excluding hydrogens is 300 g/mol. The number of hydrogen-bond acceptors (Lipinski definition) is 3. The number of carbonyl (C=O) groups is 1. The van der Waals surface area contributed by atoms with Gasteiger partial charge in [0.25, 0.3) is 0 Å². The van der Waals surface area contributed by atoms with E-state index in [0.29, 0.717) is 18.1 Å². The van der Waals surface area contributed by atoms with E-state index in [-0.39, 0.29) is 0 Å². The first-order valence-electron chi connectivity index (χ1n) is 8.73. The number of carbonyl (C=O) groups excluding carboxylic acids is 1. The minimum absolute atomic E-state index is 0.443. The normalized spacial score (nSPS) is 11.9. The largest absolute Gasteiger partial charge is 0.373 e. The van der Waals surface area contributed by atoms with E-state index >= 15 is 0 Å². The van der Waals surface area contributed by atoms with Gasteiger partial charge in [0, 0.05) is 0 Å². The Labute approximate surface area is 144 Å². The maximum atomic E-state index is 12.0. The Kier molecular flexibility index (Phi) is 7.50. The fourth-order valence-electron chi connectivity index (χ4n) is 2.56. The first-order valence-corrected chi connectivity index (χ1v) is 8.73. The van der Waals surface area contributed by atoms with Crippen LogP contribution in [0.25, 0.3) is 11.1 Å². The van der Waals surface area contributed by atoms with Crippen LogP contribution in [0, 0.1) is 5.92 Å². The Morgan fingerprint density at radius 2 is 1.62 bits per heavy atom. The number of benzene rings is 2. The first kappa shape index (κ1) is 18.2. The molecule has 0 saturated heterocycles. The van der Waals surface area contributed by atoms with Crippen molar-refractivity contribution < 1.29 is 14.6 Å². The van der Waals surface area contributed by atoms with Crippen molar-refractivity contribution in [3.63, 3.8) is 0 Å². The van der Waals surface area contributed by atoms with Crippen LogP contribution in [0.2, 0.25) is 0 Å². The zero-order valence-corrected chi connectivity index (χ0v) is 14.5. The van der Waals surface area contributed by atoms with Crippen molar-refractivity contribution in [1.29, 1.82) is 0 Å². The Hall–Kier alpha value is -2.13. The van der Waals surface area contributed by atoms with E-state index in [9.17, 15) is 4.79 Å². The fraction of sp³-hybridized carbons (Fsp3) is 0.381. The van der Waals surface area contributed by atoms with E-state index in [1.165, 1.54) is 12.8 Å². The summed E-state index contributed by atoms with van der Waals surface area (Å²) in [6, 6.07) is 17.4. The minimum Gasteiger partial charge on any atom is -0.293 e. The van der Waals surface area contributed by atoms with Gasteiger partial charge in [-0.3, -0.25) is 4.89 Å². The molecule has 0 spiro atoms. The highest BCUT2D eigenvalue weighted by atomic mass is 17.2. The van der Waals surface area contributed by atoms with E-state index in [4.69, 9.17) is 9.78 Å². The van der Waals surface area contributed by atoms with Crippen molar-refractivity contribution >= 4 is 5.97 Å². The van der Waals surface area contributed by atoms with Crippen LogP contribution in [0.1, 0.15) is 49.9 Å². The van der Waals surface area contributed by atoms with E-state index in [1.54, 1.807) is 12.1 Å². The molecule has 2 aromatic rings. The summed E-state index contributed by atoms with van der Waals surface area (Å²) in [5, 5.41) is 0. The van der Waals surface area contributed by atoms with Gasteiger partial charge in [-0.05, 0) is 35.6 Å². The van der Waals surface area contributed by atoms with Crippen LogP contribution in [0.15, 0.2) is 54.6 Å². The van der Waals surface area contributed by atoms with E-state index in [2.05, 4.69) is 13.8 Å². The van der Waals surface area contributed by atoms with Crippen molar-refractivity contribution in [3.8, 4) is 11.1 Å². The summed E-state index contributed by atoms with van der Waals surface area (Å²) in [5.74, 6) is -0.00170. The van der Waals surface area contributed by atoms with Gasteiger partial charge >= 0.3 is 5.97 Å². The van der Waals surface area contributed by atoms with Crippen LogP contribution in [0.3, 0.4) is 0 Å². The van der Waals surface area contributed by atoms with Crippen LogP contribution in [0.4, 0.5) is 0 Å². The van der Waals surface area contributed by atoms with E-state index in [0.717, 1.165) is 24.0 Å². The third-order valence-corrected chi connectivity index (χ3v) is 4.21. The van der Waals surface area contributed by atoms with Gasteiger partial charge in [0.2, 0.25) is 0 Å². The predicted molar refractivity (Wildman–Crippen MR) is 96.6 cm³/mol. The summed E-state index contributed by atoms with van der Waals surface area (Å²) in [4.78, 5) is 22.1. The van der Waals surface area contributed by atoms with Crippen LogP contribution < -0.4 is 0 Å². The standard InChI is InChI=1S/C21H26O3/c1-3-5-9-17(4-2)16-23-24-21(22)20-14-12-19(13-15-20)18-10-7-6-8-11-18/h6-8,10-15,17H,3-5,9,16H2,1-2H3. The molecule has 128 valence electrons. The zero-order valence-electron chi connectivity index (χ0n) is 14.5. The highest BCUT2D eigenvalue weighted by Crippen LogP contribution is 2.19. The molecule has 0 N–H and O–H groups in total. The van der Waals surface area contributed by atoms with Gasteiger partial charge < -0.3 is 0 Å². The maximum absolute atomic E-state index is 12.0. The fourth-order valence-corrected chi connectivity index (χ4v) is 2.56. The molecule has 0 aliphatic heterocycles. The van der Waals surface area contributed by atoms with Gasteiger partial charge in [-0.15, -0.1) is 0 Å². The van der Waals surface area contributed by atoms with Crippen LogP contribution in [-0.2, 0) is 9.78 Å². The molecular formula is C21H26O3. The Bertz CT molecular complexity index is 605. The quantitative estimate of drug-likeness (QED) is 0.440. The number of hydrogen-bond donors (Lipinski definition) is 0. The Balaban J connectivity index is 1.84. The SMILES string of the molecule is CCCCC(CC)COOC(=O)c1ccc(-c2ccccc2)cc1. The molecule has 0 fully saturated rings. The summed E-state index contributed by atoms with van der Waals surface area (Å²) in [5.41, 5.74) is 2.69. The molecule has 0 amide bonds. The average Bonchev–Trinajstić information content (AvgIpc) is 2.65. The minimum atomic E-state index is -0.444. The molecule has 0 heterocycles. The molecule has 0 saturated carbocycles. The monoisotopic (exact) mass is 326 g/mol. The van der Waals surface area contributed by atoms with Crippen LogP contribution in [0.5, 0.6) is 0 Å². The molecule has 3 heteroatoms. The smallest absolute Gasteiger partial charge is 0.293 e. The Morgan fingerprint density at radius 3 is 2.25 bits per heavy atom. The topological polar surface area (TPSA) is 35.5 Å². The zero-order chi connectivity index (χ0) is 17.2. The Morgan fingerprint density at radius 1 is 0.958 bits per heavy atom. The molecule has 0 aliphatic rings. The summed E-state index contributed by atoms with van der Waals surface area (Å²) in [6.45, 7) is 4.77. The summed E-state index contributed by atoms with van der Waals surface area (Å²) in [7, 11) is 0. The second kappa shape index (κ2) is 9.89. The number of rotatable bonds is 9. The summed E-state index contributed by atoms with van der Waals surface area (Å²) in [6.07, 6.45) is 4.49. The van der Waals surface area contributed by atoms with Crippen LogP contribution >= 0.6 is 0 Å². The van der Waals surface area contributed by atoms with Crippen LogP contribution in [-0.4, -0.2) is 12.6 Å². The number of unbranched alkanes of at least 4 members (excludes halogenated alkanes) is 1. The molecule has 0 aliphatic carbocycles. The second-order valence-electron chi connectivity index (χ2n) is 6.02. The lowest BCUT2D eigenvalue weighted by atomic mass is 10.0. The molecule has 2 aromatic carbocycles. The molecule has 0 aromatic heterocycles. The van der Waals surface area contributed by atoms with Gasteiger partial charge in [-0.25, -0.2) is 4.79 Å². The van der Waals surface area contributed by atoms with Crippen molar-refractivity contribution in [2.45, 2.75) is 39.5 Å². The molecule has 3 nitrogen and oxygen atoms in total. The highest BCUT2D eigenvalue weighted by molar-refractivity contribution is 5.89. The molecule has 0 bridgehead atoms. The van der Waals surface area contributed by atoms with Crippen molar-refractivity contribution in [2.75, 3.05) is 6.61 Å². The lowest BCUT2D eigenvalue weighted by molar-refractivity contribution is -0.249. The molecule has 0 radical (unpaired) electrons. The maximum Gasteiger partial charge on any atom is 0.373 e. The average molecular weight is 326 g/mol. The van der Waals surface area contributed by atoms with Gasteiger partial charge in [0.05, 0.1) is 12.2 Å². The van der Waals surface area contributed by atoms with E-state index < -0.39 is 5.97 Å². The lowest BCUT2D eigenvalue weighted by Crippen LogP contribution is -2.13. The van der Waals surface area contributed by atoms with Gasteiger partial charge in [-0.1, -0.05) is 75.6 Å². The van der Waals surface area contributed by atoms with Gasteiger partial charge in [-0.2, -0.15) is 4.89 Å². The second-order valence-corrected chi connectivity index (χ2v) is 6.02. The third-order valence-electron chi connectivity index (χ3n) is 4.21. The third kappa shape index (κ3) is 5.50. The molecule has 24 heavy (non-hydrogen) atoms. The van der Waals surface area contributed by atoms with Crippen molar-refractivity contribution in [2.24, 2.45) is 5.92 Å². The van der Waals surface area contributed by atoms with Crippen molar-refractivity contribution in [1.82, 2.24) is 0 Å². The summed E-state index contributed by atoms with van der Waals surface area (Å²) >= 11 is 0. The van der Waals surface area contributed by atoms with E-state index in [1.807, 2.05) is 42.5 Å². The molecule has 1 unspecified atom stereocenters.